The number of hydrogen-bond acceptors (Lipinski definition) is 3. The molecule has 0 radical (unpaired) electrons. The van der Waals surface area contributed by atoms with Gasteiger partial charge in [-0.05, 0) is 26.0 Å². The van der Waals surface area contributed by atoms with Crippen molar-refractivity contribution in [2.45, 2.75) is 13.8 Å². The minimum Gasteiger partial charge on any atom is -0.383 e. The van der Waals surface area contributed by atoms with Crippen LogP contribution in [-0.2, 0) is 0 Å². The van der Waals surface area contributed by atoms with Crippen molar-refractivity contribution in [1.82, 2.24) is 4.98 Å². The summed E-state index contributed by atoms with van der Waals surface area (Å²) in [5.41, 5.74) is 7.62. The van der Waals surface area contributed by atoms with Gasteiger partial charge < -0.3 is 11.1 Å². The third kappa shape index (κ3) is 1.55. The molecule has 0 bridgehead atoms. The molecule has 3 nitrogen and oxygen atoms in total. The highest BCUT2D eigenvalue weighted by Crippen LogP contribution is 2.09. The van der Waals surface area contributed by atoms with Crippen LogP contribution in [0.25, 0.3) is 0 Å². The van der Waals surface area contributed by atoms with Gasteiger partial charge in [0.2, 0.25) is 0 Å². The molecule has 0 atom stereocenters. The fourth-order valence-electron chi connectivity index (χ4n) is 0.894. The minimum absolute atomic E-state index is 0.442. The summed E-state index contributed by atoms with van der Waals surface area (Å²) in [5.74, 6) is 0.442. The number of nitrogens with two attached hydrogens (primary N) is 1. The lowest BCUT2D eigenvalue weighted by molar-refractivity contribution is 1.20. The van der Waals surface area contributed by atoms with Crippen molar-refractivity contribution in [3.63, 3.8) is 0 Å². The van der Waals surface area contributed by atoms with E-state index in [0.29, 0.717) is 11.5 Å². The van der Waals surface area contributed by atoms with E-state index in [4.69, 9.17) is 11.1 Å². The average Bonchev–Trinajstić information content (AvgIpc) is 1.85. The molecule has 58 valence electrons. The molecule has 0 amide bonds. The van der Waals surface area contributed by atoms with Crippen molar-refractivity contribution >= 4 is 11.5 Å². The summed E-state index contributed by atoms with van der Waals surface area (Å²) in [5, 5.41) is 7.33. The second-order valence-corrected chi connectivity index (χ2v) is 2.51. The van der Waals surface area contributed by atoms with Crippen molar-refractivity contribution in [2.24, 2.45) is 0 Å². The predicted octanol–water partition coefficient (Wildman–Crippen LogP) is 1.36. The van der Waals surface area contributed by atoms with Crippen LogP contribution in [-0.4, -0.2) is 10.7 Å². The molecular weight excluding hydrogens is 138 g/mol. The van der Waals surface area contributed by atoms with E-state index < -0.39 is 0 Å². The Morgan fingerprint density at radius 3 is 2.64 bits per heavy atom. The van der Waals surface area contributed by atoms with Crippen LogP contribution >= 0.6 is 0 Å². The number of anilines is 1. The molecule has 0 saturated heterocycles. The highest BCUT2D eigenvalue weighted by Gasteiger charge is 2.01. The summed E-state index contributed by atoms with van der Waals surface area (Å²) in [4.78, 5) is 4.03. The number of nitrogen functional groups attached to an aromatic ring is 1. The first-order chi connectivity index (χ1) is 5.11. The monoisotopic (exact) mass is 149 g/mol. The number of aromatic nitrogens is 1. The van der Waals surface area contributed by atoms with Crippen molar-refractivity contribution in [3.8, 4) is 0 Å². The number of pyridine rings is 1. The smallest absolute Gasteiger partial charge is 0.132 e. The molecule has 3 N–H and O–H groups in total. The molecule has 3 heteroatoms. The molecule has 11 heavy (non-hydrogen) atoms. The number of rotatable bonds is 1. The van der Waals surface area contributed by atoms with E-state index >= 15 is 0 Å². The number of nitrogens with zero attached hydrogens (tertiary/aromatic N) is 1. The largest absolute Gasteiger partial charge is 0.383 e. The Kier molecular flexibility index (Phi) is 1.89. The van der Waals surface area contributed by atoms with Gasteiger partial charge in [0.05, 0.1) is 0 Å². The van der Waals surface area contributed by atoms with E-state index in [0.717, 1.165) is 11.3 Å². The van der Waals surface area contributed by atoms with Crippen LogP contribution in [0.3, 0.4) is 0 Å². The number of hydrogen-bond donors (Lipinski definition) is 2. The zero-order chi connectivity index (χ0) is 8.43. The van der Waals surface area contributed by atoms with E-state index in [1.54, 1.807) is 6.92 Å². The molecule has 0 unspecified atom stereocenters. The van der Waals surface area contributed by atoms with Crippen molar-refractivity contribution in [2.75, 3.05) is 5.73 Å². The van der Waals surface area contributed by atoms with Gasteiger partial charge in [0.1, 0.15) is 5.82 Å². The first-order valence-corrected chi connectivity index (χ1v) is 3.40. The molecule has 0 aromatic carbocycles. The number of nitrogens with one attached hydrogen (secondary N) is 1. The second kappa shape index (κ2) is 2.70. The fraction of sp³-hybridized carbons (Fsp3) is 0.250. The van der Waals surface area contributed by atoms with Crippen LogP contribution in [0.5, 0.6) is 0 Å². The SMILES string of the molecule is CC(=N)c1ccc(C)nc1N. The summed E-state index contributed by atoms with van der Waals surface area (Å²) in [6, 6.07) is 3.67. The Morgan fingerprint density at radius 2 is 2.18 bits per heavy atom. The standard InChI is InChI=1S/C8H11N3/c1-5-3-4-7(6(2)9)8(10)11-5/h3-4,9H,1-2H3,(H2,10,11). The highest BCUT2D eigenvalue weighted by molar-refractivity contribution is 6.00. The maximum atomic E-state index is 7.33. The van der Waals surface area contributed by atoms with Gasteiger partial charge in [0.25, 0.3) is 0 Å². The molecule has 1 rings (SSSR count). The number of aryl methyl sites for hydroxylation is 1. The maximum absolute atomic E-state index is 7.33. The van der Waals surface area contributed by atoms with Gasteiger partial charge in [0, 0.05) is 17.0 Å². The Hall–Kier alpha value is -1.38. The third-order valence-corrected chi connectivity index (χ3v) is 1.47. The molecule has 0 aliphatic heterocycles. The third-order valence-electron chi connectivity index (χ3n) is 1.47. The lowest BCUT2D eigenvalue weighted by Gasteiger charge is -2.02. The molecule has 0 fully saturated rings. The summed E-state index contributed by atoms with van der Waals surface area (Å²) in [6.07, 6.45) is 0. The lowest BCUT2D eigenvalue weighted by atomic mass is 10.1. The van der Waals surface area contributed by atoms with Crippen LogP contribution in [0.1, 0.15) is 18.2 Å². The molecule has 0 aliphatic carbocycles. The molecule has 0 aliphatic rings. The van der Waals surface area contributed by atoms with Crippen LogP contribution in [0.15, 0.2) is 12.1 Å². The molecule has 1 heterocycles. The first kappa shape index (κ1) is 7.72. The molecule has 0 saturated carbocycles. The Balaban J connectivity index is 3.20. The van der Waals surface area contributed by atoms with Gasteiger partial charge in [-0.25, -0.2) is 4.98 Å². The topological polar surface area (TPSA) is 62.8 Å². The average molecular weight is 149 g/mol. The second-order valence-electron chi connectivity index (χ2n) is 2.51. The molecule has 0 spiro atoms. The first-order valence-electron chi connectivity index (χ1n) is 3.40. The van der Waals surface area contributed by atoms with Crippen LogP contribution in [0.2, 0.25) is 0 Å². The molecule has 1 aromatic rings. The zero-order valence-electron chi connectivity index (χ0n) is 6.68. The summed E-state index contributed by atoms with van der Waals surface area (Å²) in [6.45, 7) is 3.57. The normalized spacial score (nSPS) is 9.64. The van der Waals surface area contributed by atoms with Crippen molar-refractivity contribution in [1.29, 1.82) is 5.41 Å². The lowest BCUT2D eigenvalue weighted by Crippen LogP contribution is -2.02. The van der Waals surface area contributed by atoms with E-state index in [9.17, 15) is 0 Å². The van der Waals surface area contributed by atoms with E-state index in [1.165, 1.54) is 0 Å². The highest BCUT2D eigenvalue weighted by atomic mass is 14.8. The molecular formula is C8H11N3. The summed E-state index contributed by atoms with van der Waals surface area (Å²) in [7, 11) is 0. The Morgan fingerprint density at radius 1 is 1.55 bits per heavy atom. The van der Waals surface area contributed by atoms with Gasteiger partial charge in [-0.15, -0.1) is 0 Å². The van der Waals surface area contributed by atoms with E-state index in [2.05, 4.69) is 4.98 Å². The maximum Gasteiger partial charge on any atom is 0.132 e. The van der Waals surface area contributed by atoms with Gasteiger partial charge in [-0.3, -0.25) is 0 Å². The fourth-order valence-corrected chi connectivity index (χ4v) is 0.894. The van der Waals surface area contributed by atoms with Gasteiger partial charge >= 0.3 is 0 Å². The van der Waals surface area contributed by atoms with Crippen molar-refractivity contribution < 1.29 is 0 Å². The van der Waals surface area contributed by atoms with E-state index in [-0.39, 0.29) is 0 Å². The van der Waals surface area contributed by atoms with Gasteiger partial charge in [-0.1, -0.05) is 0 Å². The van der Waals surface area contributed by atoms with Crippen LogP contribution in [0.4, 0.5) is 5.82 Å². The quantitative estimate of drug-likeness (QED) is 0.592. The van der Waals surface area contributed by atoms with E-state index in [1.807, 2.05) is 19.1 Å². The van der Waals surface area contributed by atoms with Gasteiger partial charge in [0.15, 0.2) is 0 Å². The Labute approximate surface area is 65.8 Å². The molecule has 1 aromatic heterocycles. The van der Waals surface area contributed by atoms with Crippen LogP contribution in [0, 0.1) is 12.3 Å². The predicted molar refractivity (Wildman–Crippen MR) is 45.9 cm³/mol. The minimum atomic E-state index is 0.442. The van der Waals surface area contributed by atoms with Crippen molar-refractivity contribution in [3.05, 3.63) is 23.4 Å². The summed E-state index contributed by atoms with van der Waals surface area (Å²) < 4.78 is 0. The van der Waals surface area contributed by atoms with Gasteiger partial charge in [-0.2, -0.15) is 0 Å². The van der Waals surface area contributed by atoms with Crippen LogP contribution < -0.4 is 5.73 Å². The Bertz CT molecular complexity index is 291. The zero-order valence-corrected chi connectivity index (χ0v) is 6.68. The summed E-state index contributed by atoms with van der Waals surface area (Å²) >= 11 is 0.